The minimum atomic E-state index is -1.21. The van der Waals surface area contributed by atoms with Gasteiger partial charge in [-0.1, -0.05) is 233 Å². The Morgan fingerprint density at radius 1 is 0.382 bits per heavy atom. The van der Waals surface area contributed by atoms with E-state index in [9.17, 15) is 9.90 Å². The Labute approximate surface area is 354 Å². The van der Waals surface area contributed by atoms with E-state index in [0.717, 1.165) is 38.5 Å². The molecular weight excluding hydrogens is 675 g/mol. The van der Waals surface area contributed by atoms with Gasteiger partial charge in [0.25, 0.3) is 0 Å². The van der Waals surface area contributed by atoms with Gasteiger partial charge >= 0.3 is 18.9 Å². The number of aromatic carboxylic acids is 1. The summed E-state index contributed by atoms with van der Waals surface area (Å²) in [6, 6.07) is 3.15. The van der Waals surface area contributed by atoms with Gasteiger partial charge in [0, 0.05) is 5.56 Å². The van der Waals surface area contributed by atoms with Crippen molar-refractivity contribution in [2.24, 2.45) is 0 Å². The predicted molar refractivity (Wildman–Crippen MR) is 230 cm³/mol. The Balaban J connectivity index is 0.0000292. The fourth-order valence-electron chi connectivity index (χ4n) is 7.42. The van der Waals surface area contributed by atoms with E-state index in [1.807, 2.05) is 0 Å². The molecule has 5 nitrogen and oxygen atoms in total. The number of carbonyl (C=O) groups is 1. The fraction of sp³-hybridized carbons (Fsp3) is 0.857. The van der Waals surface area contributed by atoms with Crippen LogP contribution in [0.4, 0.5) is 0 Å². The van der Waals surface area contributed by atoms with E-state index >= 15 is 0 Å². The summed E-state index contributed by atoms with van der Waals surface area (Å²) in [5.74, 6) is 0.292. The Hall–Kier alpha value is -1.31. The molecule has 316 valence electrons. The molecule has 0 heterocycles. The van der Waals surface area contributed by atoms with Gasteiger partial charge in [0.15, 0.2) is 11.5 Å². The van der Waals surface area contributed by atoms with Gasteiger partial charge in [-0.15, -0.1) is 0 Å². The summed E-state index contributed by atoms with van der Waals surface area (Å²) >= 11 is 0. The van der Waals surface area contributed by atoms with Crippen LogP contribution in [0.5, 0.6) is 17.2 Å². The minimum Gasteiger partial charge on any atom is -0.545 e. The van der Waals surface area contributed by atoms with Crippen molar-refractivity contribution in [3.8, 4) is 17.2 Å². The quantitative estimate of drug-likeness (QED) is 0.0489. The third-order valence-corrected chi connectivity index (χ3v) is 11.0. The molecule has 0 aliphatic rings. The second-order valence-corrected chi connectivity index (χ2v) is 16.3. The Morgan fingerprint density at radius 2 is 0.600 bits per heavy atom. The Bertz CT molecular complexity index is 902. The fourth-order valence-corrected chi connectivity index (χ4v) is 7.42. The Morgan fingerprint density at radius 3 is 0.836 bits per heavy atom. The third-order valence-electron chi connectivity index (χ3n) is 11.0. The van der Waals surface area contributed by atoms with Crippen LogP contribution in [0, 0.1) is 0 Å². The van der Waals surface area contributed by atoms with E-state index in [0.29, 0.717) is 37.1 Å². The predicted octanol–water partition coefficient (Wildman–Crippen LogP) is 12.3. The van der Waals surface area contributed by atoms with Crippen molar-refractivity contribution in [2.75, 3.05) is 19.8 Å². The van der Waals surface area contributed by atoms with Crippen molar-refractivity contribution in [3.63, 3.8) is 0 Å². The molecule has 0 aromatic heterocycles. The van der Waals surface area contributed by atoms with E-state index < -0.39 is 5.97 Å². The average molecular weight is 765 g/mol. The topological polar surface area (TPSA) is 67.8 Å². The van der Waals surface area contributed by atoms with Gasteiger partial charge < -0.3 is 24.1 Å². The zero-order chi connectivity index (χ0) is 39.0. The summed E-state index contributed by atoms with van der Waals surface area (Å²) in [6.07, 6.45) is 46.4. The number of unbranched alkanes of at least 4 members (excludes halogenated alkanes) is 33. The van der Waals surface area contributed by atoms with E-state index in [1.54, 1.807) is 12.1 Å². The first-order chi connectivity index (χ1) is 26.6. The van der Waals surface area contributed by atoms with Crippen LogP contribution in [0.1, 0.15) is 262 Å². The maximum atomic E-state index is 12.0. The number of benzene rings is 1. The number of carbonyl (C=O) groups excluding carboxylic acids is 1. The number of hydrogen-bond donors (Lipinski definition) is 0. The Kier molecular flexibility index (Phi) is 41.3. The molecule has 0 amide bonds. The molecule has 0 saturated carbocycles. The summed E-state index contributed by atoms with van der Waals surface area (Å²) in [5.41, 5.74) is 0.0853. The van der Waals surface area contributed by atoms with Gasteiger partial charge in [0.05, 0.1) is 25.8 Å². The molecule has 0 aliphatic heterocycles. The van der Waals surface area contributed by atoms with E-state index in [1.165, 1.54) is 193 Å². The van der Waals surface area contributed by atoms with Crippen molar-refractivity contribution in [3.05, 3.63) is 17.7 Å². The number of rotatable bonds is 43. The molecule has 0 radical (unpaired) electrons. The van der Waals surface area contributed by atoms with Crippen LogP contribution in [0.15, 0.2) is 12.1 Å². The van der Waals surface area contributed by atoms with Crippen LogP contribution >= 0.6 is 0 Å². The summed E-state index contributed by atoms with van der Waals surface area (Å²) in [7, 11) is 0. The molecule has 0 saturated heterocycles. The van der Waals surface area contributed by atoms with Crippen LogP contribution in [-0.4, -0.2) is 25.8 Å². The van der Waals surface area contributed by atoms with Crippen molar-refractivity contribution >= 4 is 5.97 Å². The van der Waals surface area contributed by atoms with E-state index in [-0.39, 0.29) is 24.4 Å². The first-order valence-corrected chi connectivity index (χ1v) is 23.9. The number of carboxylic acid groups (broad SMARTS) is 1. The van der Waals surface area contributed by atoms with Crippen LogP contribution in [0.3, 0.4) is 0 Å². The summed E-state index contributed by atoms with van der Waals surface area (Å²) in [6.45, 7) is 8.49. The molecule has 6 heteroatoms. The molecule has 1 rings (SSSR count). The first-order valence-electron chi connectivity index (χ1n) is 23.9. The number of hydrogen-bond acceptors (Lipinski definition) is 5. The van der Waals surface area contributed by atoms with Crippen molar-refractivity contribution in [1.29, 1.82) is 0 Å². The van der Waals surface area contributed by atoms with Gasteiger partial charge in [0.2, 0.25) is 5.75 Å². The van der Waals surface area contributed by atoms with Crippen molar-refractivity contribution < 1.29 is 43.0 Å². The van der Waals surface area contributed by atoms with Gasteiger partial charge in [-0.25, -0.2) is 0 Å². The normalized spacial score (nSPS) is 11.1. The minimum absolute atomic E-state index is 0. The summed E-state index contributed by atoms with van der Waals surface area (Å²) in [4.78, 5) is 12.0. The number of ether oxygens (including phenoxy) is 3. The SMILES string of the molecule is CCCCCCCCCCCCCCOc1cc(C(=O)[O-])cc(OCCCCCCCCCCCCCC)c1OCCCCCCCCCCCCCC.[Li+]. The van der Waals surface area contributed by atoms with Crippen LogP contribution < -0.4 is 38.2 Å². The second-order valence-electron chi connectivity index (χ2n) is 16.3. The molecule has 0 bridgehead atoms. The van der Waals surface area contributed by atoms with Crippen molar-refractivity contribution in [1.82, 2.24) is 0 Å². The van der Waals surface area contributed by atoms with Crippen LogP contribution in [-0.2, 0) is 0 Å². The molecule has 55 heavy (non-hydrogen) atoms. The zero-order valence-electron chi connectivity index (χ0n) is 37.3. The molecule has 1 aromatic carbocycles. The van der Waals surface area contributed by atoms with Crippen LogP contribution in [0.25, 0.3) is 0 Å². The smallest absolute Gasteiger partial charge is 0.545 e. The summed E-state index contributed by atoms with van der Waals surface area (Å²) < 4.78 is 18.9. The standard InChI is InChI=1S/C49H90O5.Li/c1-4-7-10-13-16-19-22-25-28-31-34-37-40-52-46-43-45(49(50)51)44-47(53-41-38-35-32-29-26-23-20-17-14-11-8-5-2)48(46)54-42-39-36-33-30-27-24-21-18-15-12-9-6-3;/h43-44H,4-42H2,1-3H3,(H,50,51);/q;+1/p-1. The van der Waals surface area contributed by atoms with Crippen LogP contribution in [0.2, 0.25) is 0 Å². The van der Waals surface area contributed by atoms with Gasteiger partial charge in [-0.05, 0) is 31.4 Å². The maximum Gasteiger partial charge on any atom is 1.00 e. The molecule has 0 aliphatic carbocycles. The maximum absolute atomic E-state index is 12.0. The van der Waals surface area contributed by atoms with Crippen molar-refractivity contribution in [2.45, 2.75) is 252 Å². The molecule has 0 atom stereocenters. The van der Waals surface area contributed by atoms with Gasteiger partial charge in [0.1, 0.15) is 0 Å². The molecule has 0 spiro atoms. The first kappa shape index (κ1) is 53.7. The molecule has 0 unspecified atom stereocenters. The average Bonchev–Trinajstić information content (AvgIpc) is 3.17. The zero-order valence-corrected chi connectivity index (χ0v) is 37.3. The second kappa shape index (κ2) is 42.3. The van der Waals surface area contributed by atoms with Gasteiger partial charge in [-0.2, -0.15) is 0 Å². The molecular formula is C49H89LiO5. The third kappa shape index (κ3) is 33.4. The van der Waals surface area contributed by atoms with E-state index in [4.69, 9.17) is 14.2 Å². The van der Waals surface area contributed by atoms with Gasteiger partial charge in [-0.3, -0.25) is 0 Å². The molecule has 1 aromatic rings. The van der Waals surface area contributed by atoms with E-state index in [2.05, 4.69) is 20.8 Å². The molecule has 0 fully saturated rings. The summed E-state index contributed by atoms with van der Waals surface area (Å²) in [5, 5.41) is 12.0. The monoisotopic (exact) mass is 765 g/mol. The number of carboxylic acids is 1. The molecule has 0 N–H and O–H groups in total. The largest absolute Gasteiger partial charge is 1.00 e.